The highest BCUT2D eigenvalue weighted by Crippen LogP contribution is 2.50. The van der Waals surface area contributed by atoms with E-state index in [1.807, 2.05) is 0 Å². The minimum absolute atomic E-state index is 0.116. The van der Waals surface area contributed by atoms with Crippen LogP contribution in [0.15, 0.2) is 82.6 Å². The Bertz CT molecular complexity index is 2030. The number of hydrogen-bond acceptors (Lipinski definition) is 15. The van der Waals surface area contributed by atoms with Crippen LogP contribution in [0.2, 0.25) is 0 Å². The molecule has 14 N–H and O–H groups in total. The molecule has 0 aromatic heterocycles. The summed E-state index contributed by atoms with van der Waals surface area (Å²) < 4.78 is 14.5. The SMILES string of the molecule is [O-][S+](c1cc(-c2cc(O)c(O)c(O)c2)c(O)c(-c2cc(O)c(O)c(O)c2)c1)c1cc(-c2cc(O)c(O)c(O)c2)c(O)c(-c2cc(O)c(O)c(O)c2)c1. The van der Waals surface area contributed by atoms with Gasteiger partial charge in [0.05, 0.1) is 0 Å². The standard InChI is InChI=1S/C36H26O15S/c37-23-1-13(2-24(38)33(23)47)19-9-17(10-20(31(19)45)14-3-25(39)34(48)26(40)4-14)52(51)18-11-21(15-5-27(41)35(49)28(42)6-15)32(46)22(12-18)16-7-29(43)36(50)30(44)8-16/h1-12,37-50H. The zero-order valence-corrected chi connectivity index (χ0v) is 26.8. The van der Waals surface area contributed by atoms with Crippen molar-refractivity contribution in [2.75, 3.05) is 0 Å². The van der Waals surface area contributed by atoms with E-state index < -0.39 is 91.7 Å². The quantitative estimate of drug-likeness (QED) is 0.0753. The number of benzene rings is 6. The van der Waals surface area contributed by atoms with Gasteiger partial charge in [-0.15, -0.1) is 0 Å². The van der Waals surface area contributed by atoms with E-state index in [0.717, 1.165) is 48.5 Å². The van der Waals surface area contributed by atoms with E-state index >= 15 is 0 Å². The third-order valence-electron chi connectivity index (χ3n) is 8.12. The number of aromatic hydroxyl groups is 14. The minimum atomic E-state index is -2.38. The fourth-order valence-electron chi connectivity index (χ4n) is 5.49. The largest absolute Gasteiger partial charge is 0.606 e. The summed E-state index contributed by atoms with van der Waals surface area (Å²) in [6, 6.07) is 12.4. The second kappa shape index (κ2) is 12.6. The lowest BCUT2D eigenvalue weighted by Crippen LogP contribution is -2.04. The Morgan fingerprint density at radius 1 is 0.269 bits per heavy atom. The Balaban J connectivity index is 1.65. The molecule has 0 unspecified atom stereocenters. The molecule has 15 nitrogen and oxygen atoms in total. The maximum atomic E-state index is 14.5. The van der Waals surface area contributed by atoms with Crippen molar-refractivity contribution in [1.82, 2.24) is 0 Å². The maximum Gasteiger partial charge on any atom is 0.200 e. The molecular formula is C36H26O15S. The van der Waals surface area contributed by atoms with Gasteiger partial charge < -0.3 is 76.0 Å². The molecule has 6 aromatic rings. The Morgan fingerprint density at radius 2 is 0.442 bits per heavy atom. The van der Waals surface area contributed by atoms with E-state index in [0.29, 0.717) is 0 Å². The van der Waals surface area contributed by atoms with E-state index in [9.17, 15) is 76.0 Å². The normalized spacial score (nSPS) is 11.3. The van der Waals surface area contributed by atoms with E-state index in [2.05, 4.69) is 0 Å². The van der Waals surface area contributed by atoms with Crippen molar-refractivity contribution in [3.8, 4) is 125 Å². The summed E-state index contributed by atoms with van der Waals surface area (Å²) in [6.45, 7) is 0. The fourth-order valence-corrected chi connectivity index (χ4v) is 6.66. The lowest BCUT2D eigenvalue weighted by molar-refractivity contribution is 0.368. The summed E-state index contributed by atoms with van der Waals surface area (Å²) in [5.41, 5.74) is -1.30. The van der Waals surface area contributed by atoms with Crippen LogP contribution in [0.25, 0.3) is 44.5 Å². The summed E-state index contributed by atoms with van der Waals surface area (Å²) in [7, 11) is 0. The zero-order valence-electron chi connectivity index (χ0n) is 26.0. The van der Waals surface area contributed by atoms with Crippen molar-refractivity contribution in [3.05, 3.63) is 72.8 Å². The van der Waals surface area contributed by atoms with Crippen molar-refractivity contribution >= 4 is 11.2 Å². The molecule has 6 rings (SSSR count). The molecule has 0 aliphatic heterocycles. The number of phenols is 14. The highest BCUT2D eigenvalue weighted by molar-refractivity contribution is 7.91. The molecule has 0 aliphatic rings. The maximum absolute atomic E-state index is 14.5. The summed E-state index contributed by atoms with van der Waals surface area (Å²) in [4.78, 5) is -0.311. The van der Waals surface area contributed by atoms with Crippen LogP contribution >= 0.6 is 0 Å². The minimum Gasteiger partial charge on any atom is -0.606 e. The average Bonchev–Trinajstić information content (AvgIpc) is 3.09. The first-order chi connectivity index (χ1) is 24.5. The summed E-state index contributed by atoms with van der Waals surface area (Å²) >= 11 is -2.38. The lowest BCUT2D eigenvalue weighted by atomic mass is 9.96. The van der Waals surface area contributed by atoms with Gasteiger partial charge in [-0.2, -0.15) is 0 Å². The van der Waals surface area contributed by atoms with Crippen LogP contribution in [0.3, 0.4) is 0 Å². The first-order valence-corrected chi connectivity index (χ1v) is 15.8. The topological polar surface area (TPSA) is 306 Å². The smallest absolute Gasteiger partial charge is 0.200 e. The molecule has 52 heavy (non-hydrogen) atoms. The molecule has 266 valence electrons. The number of rotatable bonds is 6. The molecule has 16 heteroatoms. The van der Waals surface area contributed by atoms with Gasteiger partial charge in [0.1, 0.15) is 11.5 Å². The molecule has 0 amide bonds. The predicted octanol–water partition coefficient (Wildman–Crippen LogP) is 5.40. The van der Waals surface area contributed by atoms with Gasteiger partial charge in [-0.1, -0.05) is 0 Å². The van der Waals surface area contributed by atoms with Gasteiger partial charge in [0, 0.05) is 57.7 Å². The molecule has 0 saturated carbocycles. The molecule has 6 aromatic carbocycles. The van der Waals surface area contributed by atoms with Gasteiger partial charge in [-0.3, -0.25) is 0 Å². The predicted molar refractivity (Wildman–Crippen MR) is 183 cm³/mol. The first kappa shape index (κ1) is 34.7. The van der Waals surface area contributed by atoms with Crippen LogP contribution < -0.4 is 0 Å². The molecule has 0 heterocycles. The Morgan fingerprint density at radius 3 is 0.615 bits per heavy atom. The third-order valence-corrected chi connectivity index (χ3v) is 9.45. The highest BCUT2D eigenvalue weighted by atomic mass is 32.2. The van der Waals surface area contributed by atoms with Crippen LogP contribution in [0.1, 0.15) is 0 Å². The number of phenolic OH excluding ortho intramolecular Hbond substituents is 14. The summed E-state index contributed by atoms with van der Waals surface area (Å²) in [6.07, 6.45) is 0. The van der Waals surface area contributed by atoms with Crippen LogP contribution in [0, 0.1) is 0 Å². The van der Waals surface area contributed by atoms with E-state index in [4.69, 9.17) is 0 Å². The van der Waals surface area contributed by atoms with E-state index in [1.54, 1.807) is 0 Å². The van der Waals surface area contributed by atoms with Gasteiger partial charge in [0.15, 0.2) is 78.8 Å². The van der Waals surface area contributed by atoms with Crippen LogP contribution in [-0.4, -0.2) is 76.0 Å². The molecule has 0 radical (unpaired) electrons. The second-order valence-corrected chi connectivity index (χ2v) is 12.9. The first-order valence-electron chi connectivity index (χ1n) is 14.6. The molecule has 0 saturated heterocycles. The lowest BCUT2D eigenvalue weighted by Gasteiger charge is -2.19. The zero-order chi connectivity index (χ0) is 37.9. The van der Waals surface area contributed by atoms with Crippen molar-refractivity contribution in [3.63, 3.8) is 0 Å². The average molecular weight is 731 g/mol. The van der Waals surface area contributed by atoms with Gasteiger partial charge >= 0.3 is 0 Å². The summed E-state index contributed by atoms with van der Waals surface area (Å²) in [5.74, 6) is -11.1. The van der Waals surface area contributed by atoms with Gasteiger partial charge in [-0.25, -0.2) is 0 Å². The van der Waals surface area contributed by atoms with E-state index in [-0.39, 0.29) is 54.3 Å². The van der Waals surface area contributed by atoms with Crippen molar-refractivity contribution in [1.29, 1.82) is 0 Å². The fraction of sp³-hybridized carbons (Fsp3) is 0. The van der Waals surface area contributed by atoms with Crippen molar-refractivity contribution in [2.45, 2.75) is 9.79 Å². The number of hydrogen-bond donors (Lipinski definition) is 14. The van der Waals surface area contributed by atoms with Gasteiger partial charge in [0.2, 0.25) is 0 Å². The monoisotopic (exact) mass is 730 g/mol. The highest BCUT2D eigenvalue weighted by Gasteiger charge is 2.28. The van der Waals surface area contributed by atoms with Crippen LogP contribution in [-0.2, 0) is 11.2 Å². The Hall–Kier alpha value is -7.17. The molecule has 0 atom stereocenters. The van der Waals surface area contributed by atoms with Crippen molar-refractivity contribution in [2.24, 2.45) is 0 Å². The van der Waals surface area contributed by atoms with E-state index in [1.165, 1.54) is 24.3 Å². The third kappa shape index (κ3) is 5.89. The molecule has 0 spiro atoms. The van der Waals surface area contributed by atoms with Gasteiger partial charge in [0.25, 0.3) is 0 Å². The Kier molecular flexibility index (Phi) is 8.42. The van der Waals surface area contributed by atoms with Crippen LogP contribution in [0.5, 0.6) is 80.5 Å². The molecule has 0 aliphatic carbocycles. The molecular weight excluding hydrogens is 704 g/mol. The summed E-state index contributed by atoms with van der Waals surface area (Å²) in [5, 5.41) is 144. The van der Waals surface area contributed by atoms with Crippen molar-refractivity contribution < 1.29 is 76.0 Å². The second-order valence-electron chi connectivity index (χ2n) is 11.5. The molecule has 0 bridgehead atoms. The Labute approximate surface area is 294 Å². The molecule has 0 fully saturated rings. The van der Waals surface area contributed by atoms with Crippen LogP contribution in [0.4, 0.5) is 0 Å². The van der Waals surface area contributed by atoms with Gasteiger partial charge in [-0.05, 0) is 70.8 Å².